The van der Waals surface area contributed by atoms with Gasteiger partial charge in [-0.15, -0.1) is 0 Å². The fraction of sp³-hybridized carbons (Fsp3) is 0.733. The Morgan fingerprint density at radius 3 is 2.71 bits per heavy atom. The molecule has 1 amide bonds. The first-order chi connectivity index (χ1) is 10.2. The van der Waals surface area contributed by atoms with Crippen molar-refractivity contribution in [2.24, 2.45) is 0 Å². The molecular weight excluding hydrogens is 266 g/mol. The topological polar surface area (TPSA) is 76.2 Å². The number of anilines is 1. The molecule has 3 N–H and O–H groups in total. The van der Waals surface area contributed by atoms with Crippen molar-refractivity contribution in [3.8, 4) is 0 Å². The highest BCUT2D eigenvalue weighted by molar-refractivity contribution is 5.97. The number of carbonyl (C=O) groups excluding carboxylic acids is 1. The van der Waals surface area contributed by atoms with Crippen molar-refractivity contribution in [1.29, 1.82) is 0 Å². The van der Waals surface area contributed by atoms with Crippen LogP contribution in [0.15, 0.2) is 6.20 Å². The standard InChI is InChI=1S/C15H27N5O/c1-3-19(4-2)10-9-17-15(21)14-13(16)11-18-20(14)12-7-5-6-8-12/h11-12H,3-10,16H2,1-2H3,(H,17,21). The molecule has 1 heterocycles. The van der Waals surface area contributed by atoms with E-state index in [1.807, 2.05) is 4.68 Å². The summed E-state index contributed by atoms with van der Waals surface area (Å²) >= 11 is 0. The Labute approximate surface area is 126 Å². The normalized spacial score (nSPS) is 15.8. The van der Waals surface area contributed by atoms with Crippen LogP contribution in [0.3, 0.4) is 0 Å². The maximum atomic E-state index is 12.4. The average molecular weight is 293 g/mol. The molecule has 0 aliphatic heterocycles. The van der Waals surface area contributed by atoms with Gasteiger partial charge in [-0.25, -0.2) is 0 Å². The summed E-state index contributed by atoms with van der Waals surface area (Å²) in [6.45, 7) is 7.73. The maximum Gasteiger partial charge on any atom is 0.271 e. The molecule has 1 aliphatic rings. The fourth-order valence-electron chi connectivity index (χ4n) is 2.99. The van der Waals surface area contributed by atoms with Gasteiger partial charge in [0.15, 0.2) is 0 Å². The summed E-state index contributed by atoms with van der Waals surface area (Å²) in [6, 6.07) is 0.325. The third-order valence-corrected chi connectivity index (χ3v) is 4.32. The lowest BCUT2D eigenvalue weighted by molar-refractivity contribution is 0.0936. The number of likely N-dealkylation sites (N-methyl/N-ethyl adjacent to an activating group) is 1. The number of nitrogen functional groups attached to an aromatic ring is 1. The second-order valence-corrected chi connectivity index (χ2v) is 5.61. The average Bonchev–Trinajstić information content (AvgIpc) is 3.12. The Bertz CT molecular complexity index is 461. The van der Waals surface area contributed by atoms with Gasteiger partial charge in [-0.05, 0) is 25.9 Å². The summed E-state index contributed by atoms with van der Waals surface area (Å²) in [7, 11) is 0. The number of aromatic nitrogens is 2. The van der Waals surface area contributed by atoms with Gasteiger partial charge in [0.1, 0.15) is 5.69 Å². The fourth-order valence-corrected chi connectivity index (χ4v) is 2.99. The first-order valence-corrected chi connectivity index (χ1v) is 8.00. The molecule has 6 heteroatoms. The van der Waals surface area contributed by atoms with E-state index in [9.17, 15) is 4.79 Å². The Morgan fingerprint density at radius 2 is 2.10 bits per heavy atom. The molecule has 118 valence electrons. The zero-order valence-corrected chi connectivity index (χ0v) is 13.1. The van der Waals surface area contributed by atoms with E-state index in [4.69, 9.17) is 5.73 Å². The highest BCUT2D eigenvalue weighted by atomic mass is 16.2. The van der Waals surface area contributed by atoms with Gasteiger partial charge < -0.3 is 16.0 Å². The smallest absolute Gasteiger partial charge is 0.271 e. The zero-order valence-electron chi connectivity index (χ0n) is 13.1. The van der Waals surface area contributed by atoms with Gasteiger partial charge in [-0.3, -0.25) is 9.48 Å². The Hall–Kier alpha value is -1.56. The molecule has 21 heavy (non-hydrogen) atoms. The number of nitrogens with two attached hydrogens (primary N) is 1. The van der Waals surface area contributed by atoms with Gasteiger partial charge >= 0.3 is 0 Å². The molecule has 0 saturated heterocycles. The summed E-state index contributed by atoms with van der Waals surface area (Å²) in [5.41, 5.74) is 6.94. The molecular formula is C15H27N5O. The monoisotopic (exact) mass is 293 g/mol. The van der Waals surface area contributed by atoms with Crippen LogP contribution >= 0.6 is 0 Å². The van der Waals surface area contributed by atoms with Gasteiger partial charge in [-0.1, -0.05) is 26.7 Å². The van der Waals surface area contributed by atoms with E-state index < -0.39 is 0 Å². The van der Waals surface area contributed by atoms with Crippen LogP contribution in [0.2, 0.25) is 0 Å². The SMILES string of the molecule is CCN(CC)CCNC(=O)c1c(N)cnn1C1CCCC1. The molecule has 1 aliphatic carbocycles. The predicted molar refractivity (Wildman–Crippen MR) is 84.3 cm³/mol. The molecule has 0 unspecified atom stereocenters. The molecule has 6 nitrogen and oxygen atoms in total. The van der Waals surface area contributed by atoms with Crippen LogP contribution in [0.5, 0.6) is 0 Å². The number of rotatable bonds is 7. The van der Waals surface area contributed by atoms with Crippen molar-refractivity contribution in [2.45, 2.75) is 45.6 Å². The Kier molecular flexibility index (Phi) is 5.61. The number of nitrogens with one attached hydrogen (secondary N) is 1. The van der Waals surface area contributed by atoms with Crippen LogP contribution in [0.1, 0.15) is 56.1 Å². The first-order valence-electron chi connectivity index (χ1n) is 8.00. The molecule has 0 atom stereocenters. The van der Waals surface area contributed by atoms with E-state index in [-0.39, 0.29) is 5.91 Å². The van der Waals surface area contributed by atoms with Crippen LogP contribution < -0.4 is 11.1 Å². The van der Waals surface area contributed by atoms with E-state index in [1.165, 1.54) is 12.8 Å². The first kappa shape index (κ1) is 15.8. The minimum atomic E-state index is -0.107. The van der Waals surface area contributed by atoms with Crippen molar-refractivity contribution in [3.05, 3.63) is 11.9 Å². The van der Waals surface area contributed by atoms with Gasteiger partial charge in [0, 0.05) is 13.1 Å². The second-order valence-electron chi connectivity index (χ2n) is 5.61. The number of nitrogens with zero attached hydrogens (tertiary/aromatic N) is 3. The Balaban J connectivity index is 1.97. The number of carbonyl (C=O) groups is 1. The van der Waals surface area contributed by atoms with Gasteiger partial charge in [0.25, 0.3) is 5.91 Å². The minimum Gasteiger partial charge on any atom is -0.396 e. The summed E-state index contributed by atoms with van der Waals surface area (Å²) < 4.78 is 1.83. The molecule has 1 aromatic rings. The highest BCUT2D eigenvalue weighted by Crippen LogP contribution is 2.31. The molecule has 1 saturated carbocycles. The maximum absolute atomic E-state index is 12.4. The van der Waals surface area contributed by atoms with Crippen molar-refractivity contribution >= 4 is 11.6 Å². The molecule has 0 aromatic carbocycles. The lowest BCUT2D eigenvalue weighted by Crippen LogP contribution is -2.36. The van der Waals surface area contributed by atoms with E-state index in [0.717, 1.165) is 32.5 Å². The van der Waals surface area contributed by atoms with Crippen LogP contribution in [0, 0.1) is 0 Å². The van der Waals surface area contributed by atoms with E-state index >= 15 is 0 Å². The Morgan fingerprint density at radius 1 is 1.43 bits per heavy atom. The summed E-state index contributed by atoms with van der Waals surface area (Å²) in [6.07, 6.45) is 6.17. The summed E-state index contributed by atoms with van der Waals surface area (Å²) in [4.78, 5) is 14.7. The molecule has 1 aromatic heterocycles. The second kappa shape index (κ2) is 7.45. The van der Waals surface area contributed by atoms with Crippen LogP contribution in [-0.2, 0) is 0 Å². The highest BCUT2D eigenvalue weighted by Gasteiger charge is 2.24. The van der Waals surface area contributed by atoms with E-state index in [0.29, 0.717) is 24.0 Å². The minimum absolute atomic E-state index is 0.107. The predicted octanol–water partition coefficient (Wildman–Crippen LogP) is 1.65. The van der Waals surface area contributed by atoms with Crippen molar-refractivity contribution in [1.82, 2.24) is 20.0 Å². The van der Waals surface area contributed by atoms with Crippen molar-refractivity contribution in [3.63, 3.8) is 0 Å². The quantitative estimate of drug-likeness (QED) is 0.801. The molecule has 0 bridgehead atoms. The van der Waals surface area contributed by atoms with Gasteiger partial charge in [-0.2, -0.15) is 5.10 Å². The summed E-state index contributed by atoms with van der Waals surface area (Å²) in [5.74, 6) is -0.107. The molecule has 2 rings (SSSR count). The lowest BCUT2D eigenvalue weighted by atomic mass is 10.2. The van der Waals surface area contributed by atoms with Crippen molar-refractivity contribution < 1.29 is 4.79 Å². The van der Waals surface area contributed by atoms with Crippen LogP contribution in [-0.4, -0.2) is 46.8 Å². The number of hydrogen-bond acceptors (Lipinski definition) is 4. The third kappa shape index (κ3) is 3.75. The van der Waals surface area contributed by atoms with Gasteiger partial charge in [0.2, 0.25) is 0 Å². The van der Waals surface area contributed by atoms with Crippen LogP contribution in [0.25, 0.3) is 0 Å². The summed E-state index contributed by atoms with van der Waals surface area (Å²) in [5, 5.41) is 7.28. The van der Waals surface area contributed by atoms with Crippen LogP contribution in [0.4, 0.5) is 5.69 Å². The number of hydrogen-bond donors (Lipinski definition) is 2. The molecule has 1 fully saturated rings. The third-order valence-electron chi connectivity index (χ3n) is 4.32. The van der Waals surface area contributed by atoms with Crippen molar-refractivity contribution in [2.75, 3.05) is 31.9 Å². The zero-order chi connectivity index (χ0) is 15.2. The largest absolute Gasteiger partial charge is 0.396 e. The molecule has 0 spiro atoms. The molecule has 0 radical (unpaired) electrons. The van der Waals surface area contributed by atoms with Gasteiger partial charge in [0.05, 0.1) is 17.9 Å². The van der Waals surface area contributed by atoms with E-state index in [2.05, 4.69) is 29.2 Å². The van der Waals surface area contributed by atoms with E-state index in [1.54, 1.807) is 6.20 Å². The number of amides is 1. The lowest BCUT2D eigenvalue weighted by Gasteiger charge is -2.19.